The molecule has 150 valence electrons. The van der Waals surface area contributed by atoms with E-state index in [9.17, 15) is 9.18 Å². The second-order valence-electron chi connectivity index (χ2n) is 8.15. The average Bonchev–Trinajstić information content (AvgIpc) is 3.09. The number of carbonyl (C=O) groups excluding carboxylic acids is 1. The summed E-state index contributed by atoms with van der Waals surface area (Å²) in [5.41, 5.74) is 2.67. The molecule has 0 aromatic carbocycles. The summed E-state index contributed by atoms with van der Waals surface area (Å²) in [6.07, 6.45) is 13.8. The quantitative estimate of drug-likeness (QED) is 0.708. The van der Waals surface area contributed by atoms with Gasteiger partial charge in [-0.3, -0.25) is 4.79 Å². The molecular weight excluding hydrogens is 386 g/mol. The highest BCUT2D eigenvalue weighted by Crippen LogP contribution is 2.45. The van der Waals surface area contributed by atoms with Crippen LogP contribution in [0.3, 0.4) is 0 Å². The predicted octanol–water partition coefficient (Wildman–Crippen LogP) is 3.77. The van der Waals surface area contributed by atoms with Gasteiger partial charge in [-0.2, -0.15) is 0 Å². The molecule has 0 bridgehead atoms. The van der Waals surface area contributed by atoms with Crippen molar-refractivity contribution in [1.29, 1.82) is 0 Å². The van der Waals surface area contributed by atoms with Crippen molar-refractivity contribution < 1.29 is 9.18 Å². The van der Waals surface area contributed by atoms with Gasteiger partial charge in [0.25, 0.3) is 5.91 Å². The van der Waals surface area contributed by atoms with Crippen molar-refractivity contribution in [2.75, 3.05) is 20.1 Å². The third-order valence-corrected chi connectivity index (χ3v) is 7.65. The highest BCUT2D eigenvalue weighted by molar-refractivity contribution is 7.44. The maximum absolute atomic E-state index is 14.5. The predicted molar refractivity (Wildman–Crippen MR) is 114 cm³/mol. The molecule has 5 rings (SSSR count). The molecule has 0 aliphatic carbocycles. The Morgan fingerprint density at radius 1 is 1.24 bits per heavy atom. The lowest BCUT2D eigenvalue weighted by Gasteiger charge is -2.38. The molecule has 0 radical (unpaired) electrons. The van der Waals surface area contributed by atoms with E-state index in [4.69, 9.17) is 0 Å². The lowest BCUT2D eigenvalue weighted by Crippen LogP contribution is -2.37. The van der Waals surface area contributed by atoms with E-state index in [1.807, 2.05) is 37.7 Å². The zero-order chi connectivity index (χ0) is 20.1. The molecule has 0 N–H and O–H groups in total. The summed E-state index contributed by atoms with van der Waals surface area (Å²) >= 11 is 0. The maximum Gasteiger partial charge on any atom is 0.251 e. The van der Waals surface area contributed by atoms with Crippen LogP contribution >= 0.6 is 8.58 Å². The van der Waals surface area contributed by atoms with Gasteiger partial charge in [-0.25, -0.2) is 9.37 Å². The van der Waals surface area contributed by atoms with E-state index in [1.165, 1.54) is 11.4 Å². The highest BCUT2D eigenvalue weighted by Gasteiger charge is 2.32. The number of fused-ring (bicyclic) bond motifs is 2. The molecule has 2 atom stereocenters. The first kappa shape index (κ1) is 18.7. The number of carbonyl (C=O) groups is 1. The molecule has 2 aromatic heterocycles. The molecule has 3 aliphatic heterocycles. The zero-order valence-corrected chi connectivity index (χ0v) is 17.6. The van der Waals surface area contributed by atoms with Gasteiger partial charge < -0.3 is 14.2 Å². The molecule has 2 aromatic rings. The molecule has 1 saturated heterocycles. The van der Waals surface area contributed by atoms with Gasteiger partial charge in [-0.1, -0.05) is 20.7 Å². The fourth-order valence-corrected chi connectivity index (χ4v) is 5.97. The number of allylic oxidation sites excluding steroid dienone is 3. The number of rotatable bonds is 2. The number of imidazole rings is 1. The lowest BCUT2D eigenvalue weighted by molar-refractivity contribution is -0.123. The van der Waals surface area contributed by atoms with Crippen LogP contribution in [-0.2, 0) is 4.79 Å². The number of pyridine rings is 1. The Hall–Kier alpha value is -2.30. The first-order chi connectivity index (χ1) is 14.0. The standard InChI is InChI=1S/C22H24FN4OP/c1-14-11-26-12-17(9-18(23)22(26)24-14)16-3-4-21-27(13-16)20(28)10-19(29-21)15-5-7-25(2)8-6-15/h3-4,9-13,15,21,29H,5-8H2,1-2H3. The number of aryl methyl sites for hydroxylation is 1. The molecule has 1 fully saturated rings. The fourth-order valence-electron chi connectivity index (χ4n) is 4.36. The van der Waals surface area contributed by atoms with Crippen LogP contribution in [-0.4, -0.2) is 51.0 Å². The third kappa shape index (κ3) is 3.45. The largest absolute Gasteiger partial charge is 0.306 e. The van der Waals surface area contributed by atoms with Gasteiger partial charge in [0.1, 0.15) is 0 Å². The molecule has 1 amide bonds. The molecule has 5 nitrogen and oxygen atoms in total. The minimum absolute atomic E-state index is 0.0320. The Balaban J connectivity index is 1.42. The monoisotopic (exact) mass is 410 g/mol. The summed E-state index contributed by atoms with van der Waals surface area (Å²) in [5.74, 6) is 0.276. The van der Waals surface area contributed by atoms with Crippen LogP contribution in [0.4, 0.5) is 4.39 Å². The second kappa shape index (κ2) is 7.19. The minimum Gasteiger partial charge on any atom is -0.306 e. The number of piperidine rings is 1. The Labute approximate surface area is 171 Å². The van der Waals surface area contributed by atoms with Crippen molar-refractivity contribution in [3.05, 3.63) is 65.3 Å². The normalized spacial score (nSPS) is 24.2. The molecule has 2 unspecified atom stereocenters. The van der Waals surface area contributed by atoms with Gasteiger partial charge in [-0.15, -0.1) is 0 Å². The molecule has 3 aliphatic rings. The number of likely N-dealkylation sites (tertiary alicyclic amines) is 1. The summed E-state index contributed by atoms with van der Waals surface area (Å²) in [6, 6.07) is 1.49. The van der Waals surface area contributed by atoms with E-state index >= 15 is 0 Å². The first-order valence-electron chi connectivity index (χ1n) is 10.0. The number of hydrogen-bond acceptors (Lipinski definition) is 3. The Morgan fingerprint density at radius 3 is 2.83 bits per heavy atom. The van der Waals surface area contributed by atoms with Gasteiger partial charge >= 0.3 is 0 Å². The fraction of sp³-hybridized carbons (Fsp3) is 0.364. The van der Waals surface area contributed by atoms with Crippen molar-refractivity contribution in [2.45, 2.75) is 25.5 Å². The van der Waals surface area contributed by atoms with Crippen LogP contribution in [0.2, 0.25) is 0 Å². The molecule has 0 spiro atoms. The minimum atomic E-state index is -0.358. The average molecular weight is 410 g/mol. The third-order valence-electron chi connectivity index (χ3n) is 6.00. The van der Waals surface area contributed by atoms with Gasteiger partial charge in [0.05, 0.1) is 11.5 Å². The number of hydrogen-bond donors (Lipinski definition) is 0. The Kier molecular flexibility index (Phi) is 4.64. The van der Waals surface area contributed by atoms with Gasteiger partial charge in [0.15, 0.2) is 11.5 Å². The van der Waals surface area contributed by atoms with Crippen LogP contribution in [0, 0.1) is 18.7 Å². The van der Waals surface area contributed by atoms with Crippen molar-refractivity contribution in [1.82, 2.24) is 19.2 Å². The number of halogens is 1. The van der Waals surface area contributed by atoms with Crippen molar-refractivity contribution in [2.24, 2.45) is 5.92 Å². The SMILES string of the molecule is Cc1cn2cc(C3=CN4C(=O)C=C(C5CCN(C)CC5)PC4C=C3)cc(F)c2n1. The van der Waals surface area contributed by atoms with Crippen LogP contribution in [0.25, 0.3) is 11.2 Å². The summed E-state index contributed by atoms with van der Waals surface area (Å²) in [5, 5.41) is 1.31. The van der Waals surface area contributed by atoms with Gasteiger partial charge in [-0.05, 0) is 62.8 Å². The first-order valence-corrected chi connectivity index (χ1v) is 11.1. The summed E-state index contributed by atoms with van der Waals surface area (Å²) in [7, 11) is 2.75. The van der Waals surface area contributed by atoms with Crippen LogP contribution in [0.15, 0.2) is 48.2 Å². The molecule has 29 heavy (non-hydrogen) atoms. The highest BCUT2D eigenvalue weighted by atomic mass is 31.1. The van der Waals surface area contributed by atoms with E-state index < -0.39 is 0 Å². The van der Waals surface area contributed by atoms with Crippen LogP contribution in [0.1, 0.15) is 24.1 Å². The molecule has 5 heterocycles. The summed E-state index contributed by atoms with van der Waals surface area (Å²) in [4.78, 5) is 21.2. The molecule has 0 saturated carbocycles. The van der Waals surface area contributed by atoms with E-state index in [-0.39, 0.29) is 17.5 Å². The van der Waals surface area contributed by atoms with Crippen LogP contribution < -0.4 is 0 Å². The van der Waals surface area contributed by atoms with E-state index in [0.717, 1.165) is 42.8 Å². The van der Waals surface area contributed by atoms with Gasteiger partial charge in [0, 0.05) is 30.2 Å². The van der Waals surface area contributed by atoms with Crippen molar-refractivity contribution in [3.8, 4) is 0 Å². The lowest BCUT2D eigenvalue weighted by atomic mass is 9.96. The number of nitrogens with zero attached hydrogens (tertiary/aromatic N) is 4. The van der Waals surface area contributed by atoms with Crippen molar-refractivity contribution >= 4 is 25.7 Å². The molecule has 7 heteroatoms. The van der Waals surface area contributed by atoms with Crippen LogP contribution in [0.5, 0.6) is 0 Å². The zero-order valence-electron chi connectivity index (χ0n) is 16.6. The molecular formula is C22H24FN4OP. The number of aromatic nitrogens is 2. The summed E-state index contributed by atoms with van der Waals surface area (Å²) in [6.45, 7) is 4.03. The van der Waals surface area contributed by atoms with E-state index in [1.54, 1.807) is 9.30 Å². The maximum atomic E-state index is 14.5. The van der Waals surface area contributed by atoms with Crippen molar-refractivity contribution in [3.63, 3.8) is 0 Å². The topological polar surface area (TPSA) is 40.9 Å². The smallest absolute Gasteiger partial charge is 0.251 e. The Morgan fingerprint density at radius 2 is 2.03 bits per heavy atom. The second-order valence-corrected chi connectivity index (χ2v) is 9.60. The van der Waals surface area contributed by atoms with E-state index in [0.29, 0.717) is 20.1 Å². The van der Waals surface area contributed by atoms with E-state index in [2.05, 4.69) is 23.0 Å². The Bertz CT molecular complexity index is 1080. The summed E-state index contributed by atoms with van der Waals surface area (Å²) < 4.78 is 16.2. The van der Waals surface area contributed by atoms with Gasteiger partial charge in [0.2, 0.25) is 0 Å². The number of amides is 1.